The van der Waals surface area contributed by atoms with Gasteiger partial charge in [-0.25, -0.2) is 8.78 Å². The van der Waals surface area contributed by atoms with E-state index in [1.807, 2.05) is 24.3 Å². The number of alkyl halides is 2. The highest BCUT2D eigenvalue weighted by Crippen LogP contribution is 2.20. The molecule has 18 heavy (non-hydrogen) atoms. The Kier molecular flexibility index (Phi) is 4.31. The van der Waals surface area contributed by atoms with Crippen molar-refractivity contribution in [2.24, 2.45) is 0 Å². The second-order valence-electron chi connectivity index (χ2n) is 3.91. The lowest BCUT2D eigenvalue weighted by Gasteiger charge is -2.07. The summed E-state index contributed by atoms with van der Waals surface area (Å²) in [5.74, 6) is 0. The first-order valence-corrected chi connectivity index (χ1v) is 6.31. The standard InChI is InChI=1S/C14H12BrF2N/c15-12-2-1-3-13(8-12)18-9-10-4-6-11(7-5-10)14(16)17/h1-8,14,18H,9H2. The van der Waals surface area contributed by atoms with Crippen molar-refractivity contribution in [1.29, 1.82) is 0 Å². The summed E-state index contributed by atoms with van der Waals surface area (Å²) < 4.78 is 25.7. The molecule has 0 aliphatic heterocycles. The zero-order valence-corrected chi connectivity index (χ0v) is 11.1. The SMILES string of the molecule is FC(F)c1ccc(CNc2cccc(Br)c2)cc1. The topological polar surface area (TPSA) is 12.0 Å². The highest BCUT2D eigenvalue weighted by molar-refractivity contribution is 9.10. The smallest absolute Gasteiger partial charge is 0.263 e. The van der Waals surface area contributed by atoms with Gasteiger partial charge in [-0.15, -0.1) is 0 Å². The molecule has 2 rings (SSSR count). The first kappa shape index (κ1) is 13.0. The molecule has 94 valence electrons. The van der Waals surface area contributed by atoms with Crippen LogP contribution in [0.25, 0.3) is 0 Å². The Morgan fingerprint density at radius 1 is 1.06 bits per heavy atom. The summed E-state index contributed by atoms with van der Waals surface area (Å²) in [6.45, 7) is 0.611. The van der Waals surface area contributed by atoms with E-state index in [2.05, 4.69) is 21.2 Å². The normalized spacial score (nSPS) is 10.7. The van der Waals surface area contributed by atoms with Gasteiger partial charge in [-0.3, -0.25) is 0 Å². The number of nitrogens with one attached hydrogen (secondary N) is 1. The molecule has 0 heterocycles. The van der Waals surface area contributed by atoms with Crippen LogP contribution in [0.2, 0.25) is 0 Å². The number of hydrogen-bond acceptors (Lipinski definition) is 1. The van der Waals surface area contributed by atoms with Crippen molar-refractivity contribution in [3.8, 4) is 0 Å². The minimum Gasteiger partial charge on any atom is -0.381 e. The number of hydrogen-bond donors (Lipinski definition) is 1. The molecule has 0 aliphatic rings. The lowest BCUT2D eigenvalue weighted by Crippen LogP contribution is -1.99. The van der Waals surface area contributed by atoms with Gasteiger partial charge in [0, 0.05) is 22.3 Å². The molecular weight excluding hydrogens is 300 g/mol. The lowest BCUT2D eigenvalue weighted by molar-refractivity contribution is 0.151. The summed E-state index contributed by atoms with van der Waals surface area (Å²) in [5, 5.41) is 3.23. The van der Waals surface area contributed by atoms with Gasteiger partial charge in [-0.2, -0.15) is 0 Å². The van der Waals surface area contributed by atoms with Crippen molar-refractivity contribution in [3.63, 3.8) is 0 Å². The Balaban J connectivity index is 1.98. The van der Waals surface area contributed by atoms with E-state index < -0.39 is 6.43 Å². The van der Waals surface area contributed by atoms with Crippen LogP contribution in [0.4, 0.5) is 14.5 Å². The fraction of sp³-hybridized carbons (Fsp3) is 0.143. The third-order valence-electron chi connectivity index (χ3n) is 2.55. The van der Waals surface area contributed by atoms with Crippen molar-refractivity contribution >= 4 is 21.6 Å². The highest BCUT2D eigenvalue weighted by atomic mass is 79.9. The van der Waals surface area contributed by atoms with Crippen LogP contribution in [0.3, 0.4) is 0 Å². The van der Waals surface area contributed by atoms with Crippen molar-refractivity contribution in [2.75, 3.05) is 5.32 Å². The minimum atomic E-state index is -2.41. The van der Waals surface area contributed by atoms with E-state index in [0.717, 1.165) is 15.7 Å². The molecular formula is C14H12BrF2N. The first-order chi connectivity index (χ1) is 8.65. The molecule has 0 spiro atoms. The van der Waals surface area contributed by atoms with Crippen LogP contribution in [0.1, 0.15) is 17.6 Å². The molecule has 1 N–H and O–H groups in total. The largest absolute Gasteiger partial charge is 0.381 e. The summed E-state index contributed by atoms with van der Waals surface area (Å²) in [6, 6.07) is 14.2. The fourth-order valence-corrected chi connectivity index (χ4v) is 1.98. The average Bonchev–Trinajstić information content (AvgIpc) is 2.37. The number of anilines is 1. The molecule has 2 aromatic rings. The zero-order valence-electron chi connectivity index (χ0n) is 9.54. The quantitative estimate of drug-likeness (QED) is 0.838. The summed E-state index contributed by atoms with van der Waals surface area (Å²) in [7, 11) is 0. The van der Waals surface area contributed by atoms with Crippen molar-refractivity contribution in [3.05, 3.63) is 64.1 Å². The molecule has 0 saturated heterocycles. The monoisotopic (exact) mass is 311 g/mol. The van der Waals surface area contributed by atoms with E-state index in [9.17, 15) is 8.78 Å². The van der Waals surface area contributed by atoms with E-state index in [1.54, 1.807) is 12.1 Å². The Labute approximate surface area is 113 Å². The van der Waals surface area contributed by atoms with Crippen molar-refractivity contribution in [2.45, 2.75) is 13.0 Å². The second-order valence-corrected chi connectivity index (χ2v) is 4.82. The summed E-state index contributed by atoms with van der Waals surface area (Å²) in [4.78, 5) is 0. The van der Waals surface area contributed by atoms with Gasteiger partial charge in [0.2, 0.25) is 0 Å². The van der Waals surface area contributed by atoms with Crippen LogP contribution in [-0.2, 0) is 6.54 Å². The molecule has 0 aromatic heterocycles. The van der Waals surface area contributed by atoms with Gasteiger partial charge in [0.25, 0.3) is 6.43 Å². The van der Waals surface area contributed by atoms with E-state index in [4.69, 9.17) is 0 Å². The molecule has 0 unspecified atom stereocenters. The van der Waals surface area contributed by atoms with Crippen LogP contribution in [-0.4, -0.2) is 0 Å². The summed E-state index contributed by atoms with van der Waals surface area (Å²) in [5.41, 5.74) is 2.02. The van der Waals surface area contributed by atoms with Gasteiger partial charge in [0.05, 0.1) is 0 Å². The highest BCUT2D eigenvalue weighted by Gasteiger charge is 2.05. The van der Waals surface area contributed by atoms with Gasteiger partial charge in [0.15, 0.2) is 0 Å². The fourth-order valence-electron chi connectivity index (χ4n) is 1.58. The maximum absolute atomic E-state index is 12.4. The van der Waals surface area contributed by atoms with Gasteiger partial charge < -0.3 is 5.32 Å². The van der Waals surface area contributed by atoms with Gasteiger partial charge >= 0.3 is 0 Å². The van der Waals surface area contributed by atoms with Crippen LogP contribution < -0.4 is 5.32 Å². The first-order valence-electron chi connectivity index (χ1n) is 5.51. The summed E-state index contributed by atoms with van der Waals surface area (Å²) in [6.07, 6.45) is -2.41. The average molecular weight is 312 g/mol. The van der Waals surface area contributed by atoms with Crippen LogP contribution >= 0.6 is 15.9 Å². The molecule has 0 radical (unpaired) electrons. The minimum absolute atomic E-state index is 0.0567. The van der Waals surface area contributed by atoms with Crippen LogP contribution in [0, 0.1) is 0 Å². The number of halogens is 3. The van der Waals surface area contributed by atoms with E-state index in [-0.39, 0.29) is 5.56 Å². The predicted octanol–water partition coefficient (Wildman–Crippen LogP) is 5.00. The lowest BCUT2D eigenvalue weighted by atomic mass is 10.1. The molecule has 0 fully saturated rings. The van der Waals surface area contributed by atoms with E-state index in [0.29, 0.717) is 6.54 Å². The molecule has 0 bridgehead atoms. The Morgan fingerprint density at radius 3 is 2.39 bits per heavy atom. The second kappa shape index (κ2) is 5.96. The third kappa shape index (κ3) is 3.53. The van der Waals surface area contributed by atoms with E-state index >= 15 is 0 Å². The molecule has 4 heteroatoms. The maximum atomic E-state index is 12.4. The Morgan fingerprint density at radius 2 is 1.78 bits per heavy atom. The molecule has 0 atom stereocenters. The molecule has 1 nitrogen and oxygen atoms in total. The van der Waals surface area contributed by atoms with Gasteiger partial charge in [-0.1, -0.05) is 46.3 Å². The zero-order chi connectivity index (χ0) is 13.0. The molecule has 0 saturated carbocycles. The van der Waals surface area contributed by atoms with Crippen molar-refractivity contribution in [1.82, 2.24) is 0 Å². The van der Waals surface area contributed by atoms with Crippen molar-refractivity contribution < 1.29 is 8.78 Å². The maximum Gasteiger partial charge on any atom is 0.263 e. The summed E-state index contributed by atoms with van der Waals surface area (Å²) >= 11 is 3.39. The number of rotatable bonds is 4. The molecule has 2 aromatic carbocycles. The van der Waals surface area contributed by atoms with E-state index in [1.165, 1.54) is 12.1 Å². The molecule has 0 aliphatic carbocycles. The predicted molar refractivity (Wildman–Crippen MR) is 72.9 cm³/mol. The third-order valence-corrected chi connectivity index (χ3v) is 3.05. The van der Waals surface area contributed by atoms with Crippen LogP contribution in [0.5, 0.6) is 0 Å². The van der Waals surface area contributed by atoms with Gasteiger partial charge in [0.1, 0.15) is 0 Å². The van der Waals surface area contributed by atoms with Crippen LogP contribution in [0.15, 0.2) is 53.0 Å². The molecule has 0 amide bonds. The number of benzene rings is 2. The Hall–Kier alpha value is -1.42. The van der Waals surface area contributed by atoms with Gasteiger partial charge in [-0.05, 0) is 23.8 Å². The Bertz CT molecular complexity index is 511.